The number of aromatic amines is 1. The standard InChI is InChI=1S/C30H42N2/c1-20(2)17-25(18-21(3)4)30-29(22(5)6)27-19-24(11-12-28(27)31-30)23-13-15-32(16-14-23)26-9-7-8-10-26/h11-12,17-19,22-23,26,31H,1,7-10,13-16H2,2-6H3/b25-17+. The number of nitrogens with one attached hydrogen (secondary N) is 1. The van der Waals surface area contributed by atoms with Gasteiger partial charge in [0.15, 0.2) is 0 Å². The molecule has 172 valence electrons. The third-order valence-corrected chi connectivity index (χ3v) is 7.42. The minimum Gasteiger partial charge on any atom is -0.354 e. The second-order valence-corrected chi connectivity index (χ2v) is 10.8. The Morgan fingerprint density at radius 2 is 1.72 bits per heavy atom. The van der Waals surface area contributed by atoms with Crippen LogP contribution in [-0.4, -0.2) is 29.0 Å². The van der Waals surface area contributed by atoms with E-state index in [4.69, 9.17) is 0 Å². The van der Waals surface area contributed by atoms with Gasteiger partial charge in [-0.2, -0.15) is 0 Å². The first-order chi connectivity index (χ1) is 15.3. The Hall–Kier alpha value is -2.06. The Kier molecular flexibility index (Phi) is 7.10. The number of aromatic nitrogens is 1. The van der Waals surface area contributed by atoms with E-state index in [0.29, 0.717) is 11.8 Å². The molecule has 0 atom stereocenters. The molecule has 1 aliphatic carbocycles. The highest BCUT2D eigenvalue weighted by Crippen LogP contribution is 2.38. The first kappa shape index (κ1) is 23.1. The molecule has 1 N–H and O–H groups in total. The van der Waals surface area contributed by atoms with Gasteiger partial charge >= 0.3 is 0 Å². The molecule has 2 heteroatoms. The number of likely N-dealkylation sites (tertiary alicyclic amines) is 1. The summed E-state index contributed by atoms with van der Waals surface area (Å²) >= 11 is 0. The summed E-state index contributed by atoms with van der Waals surface area (Å²) in [5.41, 5.74) is 9.11. The van der Waals surface area contributed by atoms with Crippen LogP contribution in [0.4, 0.5) is 0 Å². The van der Waals surface area contributed by atoms with Gasteiger partial charge in [-0.3, -0.25) is 0 Å². The number of hydrogen-bond acceptors (Lipinski definition) is 1. The van der Waals surface area contributed by atoms with E-state index in [1.165, 1.54) is 90.5 Å². The first-order valence-corrected chi connectivity index (χ1v) is 12.8. The van der Waals surface area contributed by atoms with Gasteiger partial charge in [0.05, 0.1) is 0 Å². The number of nitrogens with zero attached hydrogens (tertiary/aromatic N) is 1. The molecule has 1 saturated heterocycles. The molecular formula is C30H42N2. The van der Waals surface area contributed by atoms with E-state index >= 15 is 0 Å². The van der Waals surface area contributed by atoms with Crippen LogP contribution in [0, 0.1) is 0 Å². The van der Waals surface area contributed by atoms with Crippen molar-refractivity contribution in [3.63, 3.8) is 0 Å². The summed E-state index contributed by atoms with van der Waals surface area (Å²) in [5, 5.41) is 1.40. The van der Waals surface area contributed by atoms with Gasteiger partial charge in [0, 0.05) is 22.6 Å². The van der Waals surface area contributed by atoms with E-state index in [1.807, 2.05) is 0 Å². The molecule has 0 amide bonds. The molecule has 1 saturated carbocycles. The van der Waals surface area contributed by atoms with Gasteiger partial charge in [0.25, 0.3) is 0 Å². The molecular weight excluding hydrogens is 388 g/mol. The second-order valence-electron chi connectivity index (χ2n) is 10.8. The van der Waals surface area contributed by atoms with Crippen molar-refractivity contribution in [3.8, 4) is 0 Å². The van der Waals surface area contributed by atoms with Crippen LogP contribution in [0.5, 0.6) is 0 Å². The molecule has 4 rings (SSSR count). The van der Waals surface area contributed by atoms with Crippen LogP contribution in [0.15, 0.2) is 48.1 Å². The van der Waals surface area contributed by atoms with Gasteiger partial charge in [-0.05, 0) is 100 Å². The Labute approximate surface area is 195 Å². The lowest BCUT2D eigenvalue weighted by Gasteiger charge is -2.36. The lowest BCUT2D eigenvalue weighted by molar-refractivity contribution is 0.154. The summed E-state index contributed by atoms with van der Waals surface area (Å²) in [6, 6.07) is 8.07. The smallest absolute Gasteiger partial charge is 0.0500 e. The summed E-state index contributed by atoms with van der Waals surface area (Å²) < 4.78 is 0. The summed E-state index contributed by atoms with van der Waals surface area (Å²) in [4.78, 5) is 6.55. The highest BCUT2D eigenvalue weighted by atomic mass is 15.2. The van der Waals surface area contributed by atoms with Crippen molar-refractivity contribution in [1.82, 2.24) is 9.88 Å². The van der Waals surface area contributed by atoms with Gasteiger partial charge in [-0.25, -0.2) is 0 Å². The fourth-order valence-electron chi connectivity index (χ4n) is 5.94. The predicted molar refractivity (Wildman–Crippen MR) is 140 cm³/mol. The van der Waals surface area contributed by atoms with E-state index in [1.54, 1.807) is 0 Å². The second kappa shape index (κ2) is 9.83. The number of allylic oxidation sites excluding steroid dienone is 5. The minimum atomic E-state index is 0.456. The Morgan fingerprint density at radius 1 is 1.03 bits per heavy atom. The van der Waals surface area contributed by atoms with Crippen molar-refractivity contribution in [2.45, 2.75) is 91.0 Å². The van der Waals surface area contributed by atoms with Gasteiger partial charge in [-0.15, -0.1) is 0 Å². The predicted octanol–water partition coefficient (Wildman–Crippen LogP) is 8.34. The summed E-state index contributed by atoms with van der Waals surface area (Å²) in [6.45, 7) is 17.7. The highest BCUT2D eigenvalue weighted by Gasteiger charge is 2.28. The Morgan fingerprint density at radius 3 is 2.31 bits per heavy atom. The van der Waals surface area contributed by atoms with Crippen molar-refractivity contribution >= 4 is 16.5 Å². The quantitative estimate of drug-likeness (QED) is 0.456. The molecule has 2 heterocycles. The highest BCUT2D eigenvalue weighted by molar-refractivity contribution is 5.92. The fourth-order valence-corrected chi connectivity index (χ4v) is 5.94. The van der Waals surface area contributed by atoms with Gasteiger partial charge in [-0.1, -0.05) is 62.6 Å². The molecule has 1 aromatic heterocycles. The molecule has 0 spiro atoms. The van der Waals surface area contributed by atoms with Crippen LogP contribution < -0.4 is 0 Å². The zero-order chi connectivity index (χ0) is 22.8. The number of rotatable bonds is 6. The zero-order valence-electron chi connectivity index (χ0n) is 20.9. The number of fused-ring (bicyclic) bond motifs is 1. The van der Waals surface area contributed by atoms with Crippen LogP contribution >= 0.6 is 0 Å². The summed E-state index contributed by atoms with van der Waals surface area (Å²) in [5.74, 6) is 1.15. The summed E-state index contributed by atoms with van der Waals surface area (Å²) in [6.07, 6.45) is 12.8. The zero-order valence-corrected chi connectivity index (χ0v) is 20.9. The van der Waals surface area contributed by atoms with E-state index in [0.717, 1.165) is 11.6 Å². The van der Waals surface area contributed by atoms with Crippen molar-refractivity contribution in [3.05, 3.63) is 64.9 Å². The van der Waals surface area contributed by atoms with Gasteiger partial charge < -0.3 is 9.88 Å². The SMILES string of the molecule is C=C(C)/C=C(\C=C(C)C)c1[nH]c2ccc(C3CCN(C4CCCC4)CC3)cc2c1C(C)C. The maximum atomic E-state index is 4.14. The summed E-state index contributed by atoms with van der Waals surface area (Å²) in [7, 11) is 0. The van der Waals surface area contributed by atoms with Crippen LogP contribution in [0.2, 0.25) is 0 Å². The maximum Gasteiger partial charge on any atom is 0.0500 e. The van der Waals surface area contributed by atoms with Crippen LogP contribution in [0.1, 0.15) is 102 Å². The van der Waals surface area contributed by atoms with Crippen molar-refractivity contribution in [1.29, 1.82) is 0 Å². The number of piperidine rings is 1. The fraction of sp³-hybridized carbons (Fsp3) is 0.533. The topological polar surface area (TPSA) is 19.0 Å². The molecule has 2 aliphatic rings. The third-order valence-electron chi connectivity index (χ3n) is 7.42. The van der Waals surface area contributed by atoms with E-state index in [2.05, 4.69) is 81.4 Å². The largest absolute Gasteiger partial charge is 0.354 e. The minimum absolute atomic E-state index is 0.456. The van der Waals surface area contributed by atoms with Crippen molar-refractivity contribution < 1.29 is 0 Å². The molecule has 1 aliphatic heterocycles. The normalized spacial score (nSPS) is 19.2. The van der Waals surface area contributed by atoms with Crippen LogP contribution in [0.25, 0.3) is 16.5 Å². The van der Waals surface area contributed by atoms with Gasteiger partial charge in [0.1, 0.15) is 0 Å². The molecule has 32 heavy (non-hydrogen) atoms. The lowest BCUT2D eigenvalue weighted by Crippen LogP contribution is -2.39. The Bertz CT molecular complexity index is 1010. The van der Waals surface area contributed by atoms with E-state index < -0.39 is 0 Å². The number of benzene rings is 1. The molecule has 0 unspecified atom stereocenters. The average Bonchev–Trinajstić information content (AvgIpc) is 3.40. The molecule has 1 aromatic carbocycles. The van der Waals surface area contributed by atoms with Gasteiger partial charge in [0.2, 0.25) is 0 Å². The molecule has 0 bridgehead atoms. The number of H-pyrrole nitrogens is 1. The molecule has 2 fully saturated rings. The van der Waals surface area contributed by atoms with Crippen molar-refractivity contribution in [2.75, 3.05) is 13.1 Å². The van der Waals surface area contributed by atoms with Crippen LogP contribution in [0.3, 0.4) is 0 Å². The first-order valence-electron chi connectivity index (χ1n) is 12.8. The van der Waals surface area contributed by atoms with Crippen LogP contribution in [-0.2, 0) is 0 Å². The lowest BCUT2D eigenvalue weighted by atomic mass is 9.87. The Balaban J connectivity index is 1.66. The third kappa shape index (κ3) is 4.96. The van der Waals surface area contributed by atoms with Crippen molar-refractivity contribution in [2.24, 2.45) is 0 Å². The average molecular weight is 431 g/mol. The number of hydrogen-bond donors (Lipinski definition) is 1. The maximum absolute atomic E-state index is 4.14. The molecule has 2 aromatic rings. The van der Waals surface area contributed by atoms with E-state index in [9.17, 15) is 0 Å². The molecule has 0 radical (unpaired) electrons. The monoisotopic (exact) mass is 430 g/mol. The molecule has 2 nitrogen and oxygen atoms in total. The van der Waals surface area contributed by atoms with E-state index in [-0.39, 0.29) is 0 Å².